The second-order valence-electron chi connectivity index (χ2n) is 1.53. The van der Waals surface area contributed by atoms with Gasteiger partial charge in [-0.25, -0.2) is 0 Å². The van der Waals surface area contributed by atoms with Gasteiger partial charge in [0.05, 0.1) is 0 Å². The maximum Gasteiger partial charge on any atom is 0.0250 e. The minimum Gasteiger partial charge on any atom is -0.758 e. The molecule has 0 amide bonds. The van der Waals surface area contributed by atoms with Gasteiger partial charge in [0.15, 0.2) is 0 Å². The van der Waals surface area contributed by atoms with Gasteiger partial charge >= 0.3 is 0 Å². The quantitative estimate of drug-likeness (QED) is 0.422. The van der Waals surface area contributed by atoms with Crippen LogP contribution in [0.15, 0.2) is 37.1 Å². The Kier molecular flexibility index (Phi) is 3.48. The van der Waals surface area contributed by atoms with Crippen molar-refractivity contribution < 1.29 is 0 Å². The minimum absolute atomic E-state index is 0.519. The van der Waals surface area contributed by atoms with Gasteiger partial charge < -0.3 is 10.3 Å². The molecule has 0 aliphatic heterocycles. The zero-order valence-corrected chi connectivity index (χ0v) is 5.50. The highest BCUT2D eigenvalue weighted by molar-refractivity contribution is 5.19. The summed E-state index contributed by atoms with van der Waals surface area (Å²) in [5, 5.41) is 11.2. The van der Waals surface area contributed by atoms with E-state index in [1.54, 1.807) is 12.2 Å². The fourth-order valence-electron chi connectivity index (χ4n) is 0.422. The summed E-state index contributed by atoms with van der Waals surface area (Å²) < 4.78 is 0. The Balaban J connectivity index is 4.13. The molecule has 0 fully saturated rings. The fourth-order valence-corrected chi connectivity index (χ4v) is 0.422. The maximum atomic E-state index is 10.5. The first-order chi connectivity index (χ1) is 4.22. The van der Waals surface area contributed by atoms with E-state index >= 15 is 0 Å². The standard InChI is InChI=1S/C7H10NO/c1-4-6-7(5-2)8(3)9/h4-6H,1-2H2,3H3/q-1/b7-6+. The van der Waals surface area contributed by atoms with Crippen molar-refractivity contribution in [3.8, 4) is 0 Å². The van der Waals surface area contributed by atoms with Gasteiger partial charge in [0.25, 0.3) is 0 Å². The smallest absolute Gasteiger partial charge is 0.0250 e. The Bertz CT molecular complexity index is 136. The first-order valence-electron chi connectivity index (χ1n) is 2.58. The van der Waals surface area contributed by atoms with Crippen LogP contribution in [0.4, 0.5) is 0 Å². The minimum atomic E-state index is 0.519. The molecule has 0 spiro atoms. The summed E-state index contributed by atoms with van der Waals surface area (Å²) in [7, 11) is 1.41. The molecule has 0 bridgehead atoms. The van der Waals surface area contributed by atoms with Crippen molar-refractivity contribution >= 4 is 0 Å². The molecule has 0 saturated carbocycles. The molecular formula is C7H10NO-. The molecule has 0 aromatic heterocycles. The lowest BCUT2D eigenvalue weighted by atomic mass is 10.4. The molecule has 2 heteroatoms. The van der Waals surface area contributed by atoms with Gasteiger partial charge in [0, 0.05) is 5.70 Å². The Hall–Kier alpha value is -1.02. The zero-order valence-electron chi connectivity index (χ0n) is 5.50. The molecule has 9 heavy (non-hydrogen) atoms. The molecule has 0 aliphatic rings. The van der Waals surface area contributed by atoms with Crippen LogP contribution in [0.2, 0.25) is 0 Å². The monoisotopic (exact) mass is 124 g/mol. The van der Waals surface area contributed by atoms with E-state index in [9.17, 15) is 5.21 Å². The third kappa shape index (κ3) is 2.72. The van der Waals surface area contributed by atoms with E-state index in [1.807, 2.05) is 0 Å². The molecule has 2 nitrogen and oxygen atoms in total. The van der Waals surface area contributed by atoms with E-state index in [1.165, 1.54) is 13.1 Å². The largest absolute Gasteiger partial charge is 0.758 e. The van der Waals surface area contributed by atoms with Gasteiger partial charge in [-0.3, -0.25) is 0 Å². The SMILES string of the molecule is C=C/C=C(\C=C)N(C)[O-]. The predicted molar refractivity (Wildman–Crippen MR) is 39.6 cm³/mol. The van der Waals surface area contributed by atoms with E-state index in [4.69, 9.17) is 0 Å². The molecule has 0 atom stereocenters. The summed E-state index contributed by atoms with van der Waals surface area (Å²) in [4.78, 5) is 0. The van der Waals surface area contributed by atoms with Crippen molar-refractivity contribution in [3.63, 3.8) is 0 Å². The molecule has 0 N–H and O–H groups in total. The lowest BCUT2D eigenvalue weighted by molar-refractivity contribution is 0.593. The van der Waals surface area contributed by atoms with Gasteiger partial charge in [-0.1, -0.05) is 19.2 Å². The summed E-state index contributed by atoms with van der Waals surface area (Å²) in [6.07, 6.45) is 4.63. The first kappa shape index (κ1) is 7.98. The van der Waals surface area contributed by atoms with Gasteiger partial charge in [0.2, 0.25) is 0 Å². The van der Waals surface area contributed by atoms with Crippen LogP contribution in [0.3, 0.4) is 0 Å². The molecule has 0 aromatic rings. The van der Waals surface area contributed by atoms with Gasteiger partial charge in [-0.2, -0.15) is 0 Å². The van der Waals surface area contributed by atoms with Crippen molar-refractivity contribution in [1.82, 2.24) is 5.06 Å². The van der Waals surface area contributed by atoms with Crippen LogP contribution in [0.1, 0.15) is 0 Å². The normalized spacial score (nSPS) is 10.7. The number of likely N-dealkylation sites (N-methyl/N-ethyl adjacent to an activating group) is 1. The second kappa shape index (κ2) is 3.92. The number of rotatable bonds is 3. The third-order valence-electron chi connectivity index (χ3n) is 0.861. The lowest BCUT2D eigenvalue weighted by Gasteiger charge is -2.25. The van der Waals surface area contributed by atoms with Crippen LogP contribution in [-0.2, 0) is 0 Å². The zero-order chi connectivity index (χ0) is 7.28. The molecule has 50 valence electrons. The Labute approximate surface area is 55.4 Å². The van der Waals surface area contributed by atoms with Crippen LogP contribution < -0.4 is 0 Å². The number of nitrogens with zero attached hydrogens (tertiary/aromatic N) is 1. The Morgan fingerprint density at radius 3 is 2.22 bits per heavy atom. The van der Waals surface area contributed by atoms with Gasteiger partial charge in [-0.15, -0.1) is 0 Å². The first-order valence-corrected chi connectivity index (χ1v) is 2.58. The van der Waals surface area contributed by atoms with E-state index in [-0.39, 0.29) is 0 Å². The van der Waals surface area contributed by atoms with E-state index in [2.05, 4.69) is 13.2 Å². The molecule has 0 radical (unpaired) electrons. The van der Waals surface area contributed by atoms with Crippen LogP contribution in [0, 0.1) is 5.21 Å². The highest BCUT2D eigenvalue weighted by atomic mass is 16.5. The summed E-state index contributed by atoms with van der Waals surface area (Å²) in [5.74, 6) is 0. The second-order valence-corrected chi connectivity index (χ2v) is 1.53. The maximum absolute atomic E-state index is 10.5. The van der Waals surface area contributed by atoms with Crippen molar-refractivity contribution in [1.29, 1.82) is 0 Å². The molecule has 0 aliphatic carbocycles. The molecular weight excluding hydrogens is 114 g/mol. The average molecular weight is 124 g/mol. The van der Waals surface area contributed by atoms with Crippen molar-refractivity contribution in [2.45, 2.75) is 0 Å². The van der Waals surface area contributed by atoms with Crippen molar-refractivity contribution in [2.24, 2.45) is 0 Å². The van der Waals surface area contributed by atoms with E-state index in [0.717, 1.165) is 5.06 Å². The highest BCUT2D eigenvalue weighted by Gasteiger charge is 1.82. The molecule has 0 aromatic carbocycles. The van der Waals surface area contributed by atoms with Crippen LogP contribution in [-0.4, -0.2) is 12.1 Å². The average Bonchev–Trinajstić information content (AvgIpc) is 1.82. The van der Waals surface area contributed by atoms with Crippen LogP contribution >= 0.6 is 0 Å². The van der Waals surface area contributed by atoms with E-state index < -0.39 is 0 Å². The van der Waals surface area contributed by atoms with E-state index in [0.29, 0.717) is 5.70 Å². The number of hydrogen-bond acceptors (Lipinski definition) is 2. The molecule has 0 rings (SSSR count). The van der Waals surface area contributed by atoms with Crippen LogP contribution in [0.25, 0.3) is 0 Å². The Morgan fingerprint density at radius 1 is 1.56 bits per heavy atom. The summed E-state index contributed by atoms with van der Waals surface area (Å²) in [6.45, 7) is 6.88. The topological polar surface area (TPSA) is 26.3 Å². The molecule has 0 saturated heterocycles. The van der Waals surface area contributed by atoms with Gasteiger partial charge in [0.1, 0.15) is 0 Å². The third-order valence-corrected chi connectivity index (χ3v) is 0.861. The van der Waals surface area contributed by atoms with Crippen LogP contribution in [0.5, 0.6) is 0 Å². The lowest BCUT2D eigenvalue weighted by Crippen LogP contribution is -2.05. The summed E-state index contributed by atoms with van der Waals surface area (Å²) in [5.41, 5.74) is 0.519. The summed E-state index contributed by atoms with van der Waals surface area (Å²) in [6, 6.07) is 0. The van der Waals surface area contributed by atoms with Gasteiger partial charge in [-0.05, 0) is 19.2 Å². The number of hydrogen-bond donors (Lipinski definition) is 0. The Morgan fingerprint density at radius 2 is 2.11 bits per heavy atom. The molecule has 0 heterocycles. The number of hydroxylamine groups is 2. The number of allylic oxidation sites excluding steroid dienone is 3. The summed E-state index contributed by atoms with van der Waals surface area (Å²) >= 11 is 0. The molecule has 0 unspecified atom stereocenters. The highest BCUT2D eigenvalue weighted by Crippen LogP contribution is 1.98. The van der Waals surface area contributed by atoms with Crippen molar-refractivity contribution in [2.75, 3.05) is 7.05 Å². The van der Waals surface area contributed by atoms with Crippen molar-refractivity contribution in [3.05, 3.63) is 42.3 Å². The fraction of sp³-hybridized carbons (Fsp3) is 0.143. The predicted octanol–water partition coefficient (Wildman–Crippen LogP) is 1.67.